The van der Waals surface area contributed by atoms with Gasteiger partial charge in [-0.25, -0.2) is 4.68 Å². The molecule has 4 rings (SSSR count). The predicted molar refractivity (Wildman–Crippen MR) is 122 cm³/mol. The van der Waals surface area contributed by atoms with Gasteiger partial charge >= 0.3 is 0 Å². The summed E-state index contributed by atoms with van der Waals surface area (Å²) in [6.07, 6.45) is 1.49. The number of likely N-dealkylation sites (N-methyl/N-ethyl adjacent to an activating group) is 1. The fourth-order valence-corrected chi connectivity index (χ4v) is 3.69. The van der Waals surface area contributed by atoms with Gasteiger partial charge in [0.05, 0.1) is 18.4 Å². The lowest BCUT2D eigenvalue weighted by Gasteiger charge is -2.19. The molecule has 0 aliphatic carbocycles. The van der Waals surface area contributed by atoms with Crippen molar-refractivity contribution in [3.05, 3.63) is 75.7 Å². The maximum absolute atomic E-state index is 12.7. The van der Waals surface area contributed by atoms with E-state index in [0.29, 0.717) is 17.0 Å². The highest BCUT2D eigenvalue weighted by molar-refractivity contribution is 5.95. The molecular formula is C23H24N6O2. The van der Waals surface area contributed by atoms with Crippen LogP contribution in [0, 0.1) is 20.8 Å². The second-order valence-corrected chi connectivity index (χ2v) is 7.70. The Bertz CT molecular complexity index is 1300. The Balaban J connectivity index is 1.60. The smallest absolute Gasteiger partial charge is 0.263 e. The first-order valence-corrected chi connectivity index (χ1v) is 9.96. The van der Waals surface area contributed by atoms with E-state index in [2.05, 4.69) is 20.4 Å². The van der Waals surface area contributed by atoms with Gasteiger partial charge < -0.3 is 10.2 Å². The molecular weight excluding hydrogens is 392 g/mol. The summed E-state index contributed by atoms with van der Waals surface area (Å²) in [6.45, 7) is 5.99. The first-order chi connectivity index (χ1) is 14.8. The third-order valence-corrected chi connectivity index (χ3v) is 5.11. The molecule has 31 heavy (non-hydrogen) atoms. The molecule has 4 aromatic rings. The van der Waals surface area contributed by atoms with E-state index in [4.69, 9.17) is 0 Å². The molecule has 0 aliphatic heterocycles. The molecule has 0 saturated heterocycles. The van der Waals surface area contributed by atoms with Crippen molar-refractivity contribution in [2.75, 3.05) is 23.8 Å². The average molecular weight is 416 g/mol. The molecule has 2 N–H and O–H groups in total. The molecule has 0 fully saturated rings. The van der Waals surface area contributed by atoms with Gasteiger partial charge in [-0.05, 0) is 44.0 Å². The first-order valence-electron chi connectivity index (χ1n) is 9.96. The van der Waals surface area contributed by atoms with Gasteiger partial charge in [-0.2, -0.15) is 10.1 Å². The van der Waals surface area contributed by atoms with Gasteiger partial charge in [0.2, 0.25) is 11.9 Å². The van der Waals surface area contributed by atoms with Crippen LogP contribution in [-0.4, -0.2) is 39.2 Å². The van der Waals surface area contributed by atoms with E-state index in [1.165, 1.54) is 6.20 Å². The number of carbonyl (C=O) groups is 1. The minimum atomic E-state index is -0.306. The van der Waals surface area contributed by atoms with Crippen LogP contribution in [0.1, 0.15) is 16.7 Å². The van der Waals surface area contributed by atoms with Gasteiger partial charge in [0.15, 0.2) is 5.65 Å². The first kappa shape index (κ1) is 20.3. The molecule has 2 aromatic carbocycles. The molecule has 0 atom stereocenters. The van der Waals surface area contributed by atoms with Crippen LogP contribution < -0.4 is 15.8 Å². The molecule has 0 bridgehead atoms. The Hall–Kier alpha value is -3.94. The molecule has 0 spiro atoms. The molecule has 0 unspecified atom stereocenters. The van der Waals surface area contributed by atoms with Crippen LogP contribution >= 0.6 is 0 Å². The average Bonchev–Trinajstić information content (AvgIpc) is 3.16. The molecule has 0 radical (unpaired) electrons. The Kier molecular flexibility index (Phi) is 5.29. The molecule has 2 aromatic heterocycles. The maximum Gasteiger partial charge on any atom is 0.263 e. The number of amides is 1. The van der Waals surface area contributed by atoms with Gasteiger partial charge in [0, 0.05) is 12.7 Å². The van der Waals surface area contributed by atoms with Crippen LogP contribution in [0.15, 0.2) is 53.5 Å². The summed E-state index contributed by atoms with van der Waals surface area (Å²) >= 11 is 0. The standard InChI is InChI=1S/C23H24N6O2/c1-14-10-15(2)20(16(3)11-14)25-19(30)13-28(4)23-26-21-18(22(31)27-23)12-24-29(21)17-8-6-5-7-9-17/h5-12H,13H2,1-4H3,(H,25,30)(H,26,27,31). The SMILES string of the molecule is Cc1cc(C)c(NC(=O)CN(C)c2nc3c(cnn3-c3ccccc3)c(=O)[nH]2)c(C)c1. The molecule has 0 saturated carbocycles. The van der Waals surface area contributed by atoms with E-state index in [0.717, 1.165) is 28.1 Å². The number of fused-ring (bicyclic) bond motifs is 1. The second-order valence-electron chi connectivity index (χ2n) is 7.70. The Labute approximate surface area is 179 Å². The van der Waals surface area contributed by atoms with Crippen LogP contribution in [0.5, 0.6) is 0 Å². The van der Waals surface area contributed by atoms with Crippen molar-refractivity contribution in [1.29, 1.82) is 0 Å². The lowest BCUT2D eigenvalue weighted by Crippen LogP contribution is -2.32. The van der Waals surface area contributed by atoms with E-state index in [9.17, 15) is 9.59 Å². The number of hydrogen-bond donors (Lipinski definition) is 2. The highest BCUT2D eigenvalue weighted by Gasteiger charge is 2.16. The molecule has 0 aliphatic rings. The second kappa shape index (κ2) is 8.06. The summed E-state index contributed by atoms with van der Waals surface area (Å²) < 4.78 is 1.61. The number of aromatic amines is 1. The fraction of sp³-hybridized carbons (Fsp3) is 0.217. The van der Waals surface area contributed by atoms with Crippen molar-refractivity contribution in [3.8, 4) is 5.69 Å². The van der Waals surface area contributed by atoms with Crippen LogP contribution in [0.4, 0.5) is 11.6 Å². The third-order valence-electron chi connectivity index (χ3n) is 5.11. The highest BCUT2D eigenvalue weighted by Crippen LogP contribution is 2.22. The Morgan fingerprint density at radius 1 is 1.13 bits per heavy atom. The number of anilines is 2. The van der Waals surface area contributed by atoms with E-state index in [-0.39, 0.29) is 18.0 Å². The van der Waals surface area contributed by atoms with Crippen molar-refractivity contribution in [1.82, 2.24) is 19.7 Å². The van der Waals surface area contributed by atoms with Gasteiger partial charge in [0.25, 0.3) is 5.56 Å². The largest absolute Gasteiger partial charge is 0.336 e. The zero-order valence-corrected chi connectivity index (χ0v) is 17.9. The van der Waals surface area contributed by atoms with Crippen LogP contribution in [0.2, 0.25) is 0 Å². The summed E-state index contributed by atoms with van der Waals surface area (Å²) in [7, 11) is 1.71. The Morgan fingerprint density at radius 3 is 2.48 bits per heavy atom. The number of para-hydroxylation sites is 1. The van der Waals surface area contributed by atoms with Crippen molar-refractivity contribution in [2.45, 2.75) is 20.8 Å². The zero-order chi connectivity index (χ0) is 22.1. The summed E-state index contributed by atoms with van der Waals surface area (Å²) in [6, 6.07) is 13.5. The fourth-order valence-electron chi connectivity index (χ4n) is 3.69. The molecule has 158 valence electrons. The number of H-pyrrole nitrogens is 1. The van der Waals surface area contributed by atoms with Crippen LogP contribution in [-0.2, 0) is 4.79 Å². The van der Waals surface area contributed by atoms with E-state index < -0.39 is 0 Å². The number of benzene rings is 2. The Morgan fingerprint density at radius 2 is 1.81 bits per heavy atom. The number of aryl methyl sites for hydroxylation is 3. The minimum absolute atomic E-state index is 0.0284. The molecule has 8 nitrogen and oxygen atoms in total. The van der Waals surface area contributed by atoms with Crippen molar-refractivity contribution in [3.63, 3.8) is 0 Å². The van der Waals surface area contributed by atoms with Crippen LogP contribution in [0.25, 0.3) is 16.7 Å². The van der Waals surface area contributed by atoms with Gasteiger partial charge in [-0.15, -0.1) is 0 Å². The van der Waals surface area contributed by atoms with Crippen molar-refractivity contribution in [2.24, 2.45) is 0 Å². The van der Waals surface area contributed by atoms with E-state index in [1.807, 2.05) is 63.2 Å². The van der Waals surface area contributed by atoms with E-state index >= 15 is 0 Å². The number of nitrogens with zero attached hydrogens (tertiary/aromatic N) is 4. The third kappa shape index (κ3) is 4.05. The minimum Gasteiger partial charge on any atom is -0.336 e. The van der Waals surface area contributed by atoms with Gasteiger partial charge in [-0.3, -0.25) is 14.6 Å². The van der Waals surface area contributed by atoms with Gasteiger partial charge in [-0.1, -0.05) is 35.9 Å². The predicted octanol–water partition coefficient (Wildman–Crippen LogP) is 3.11. The topological polar surface area (TPSA) is 95.9 Å². The number of hydrogen-bond acceptors (Lipinski definition) is 5. The molecule has 2 heterocycles. The van der Waals surface area contributed by atoms with E-state index in [1.54, 1.807) is 16.6 Å². The maximum atomic E-state index is 12.7. The quantitative estimate of drug-likeness (QED) is 0.521. The normalized spacial score (nSPS) is 11.0. The highest BCUT2D eigenvalue weighted by atomic mass is 16.2. The summed E-state index contributed by atoms with van der Waals surface area (Å²) in [5, 5.41) is 7.66. The zero-order valence-electron chi connectivity index (χ0n) is 17.9. The van der Waals surface area contributed by atoms with Gasteiger partial charge in [0.1, 0.15) is 5.39 Å². The lowest BCUT2D eigenvalue weighted by molar-refractivity contribution is -0.114. The number of carbonyl (C=O) groups excluding carboxylic acids is 1. The van der Waals surface area contributed by atoms with Crippen LogP contribution in [0.3, 0.4) is 0 Å². The summed E-state index contributed by atoms with van der Waals surface area (Å²) in [4.78, 5) is 34.2. The number of nitrogens with one attached hydrogen (secondary N) is 2. The van der Waals surface area contributed by atoms with Crippen molar-refractivity contribution >= 4 is 28.6 Å². The molecule has 1 amide bonds. The lowest BCUT2D eigenvalue weighted by atomic mass is 10.1. The summed E-state index contributed by atoms with van der Waals surface area (Å²) in [5.74, 6) is 0.0968. The van der Waals surface area contributed by atoms with Crippen molar-refractivity contribution < 1.29 is 4.79 Å². The number of aromatic nitrogens is 4. The summed E-state index contributed by atoms with van der Waals surface area (Å²) in [5.41, 5.74) is 4.90. The number of rotatable bonds is 5. The monoisotopic (exact) mass is 416 g/mol. The molecule has 8 heteroatoms.